The molecule has 0 amide bonds. The van der Waals surface area contributed by atoms with Crippen LogP contribution in [0.1, 0.15) is 52.4 Å². The van der Waals surface area contributed by atoms with Crippen molar-refractivity contribution in [2.45, 2.75) is 37.1 Å². The van der Waals surface area contributed by atoms with Crippen LogP contribution in [0.15, 0.2) is 66.7 Å². The number of hydrogen-bond acceptors (Lipinski definition) is 14. The van der Waals surface area contributed by atoms with Gasteiger partial charge in [-0.05, 0) is 78.1 Å². The lowest BCUT2D eigenvalue weighted by Crippen LogP contribution is -2.29. The topological polar surface area (TPSA) is 192 Å². The van der Waals surface area contributed by atoms with Gasteiger partial charge in [0.15, 0.2) is 52.1 Å². The van der Waals surface area contributed by atoms with Gasteiger partial charge in [-0.15, -0.1) is 0 Å². The number of aliphatic hydroxyl groups is 3. The van der Waals surface area contributed by atoms with E-state index < -0.39 is 36.8 Å². The van der Waals surface area contributed by atoms with Crippen molar-refractivity contribution in [3.63, 3.8) is 0 Å². The van der Waals surface area contributed by atoms with Crippen LogP contribution in [0.4, 0.5) is 0 Å². The summed E-state index contributed by atoms with van der Waals surface area (Å²) in [5.74, 6) is 0.813. The molecule has 0 saturated carbocycles. The molecule has 5 rings (SSSR count). The van der Waals surface area contributed by atoms with E-state index in [9.17, 15) is 30.3 Å². The predicted molar refractivity (Wildman–Crippen MR) is 200 cm³/mol. The number of aryl methyl sites for hydroxylation is 1. The van der Waals surface area contributed by atoms with Crippen molar-refractivity contribution in [3.05, 3.63) is 94.6 Å². The van der Waals surface area contributed by atoms with Gasteiger partial charge in [0, 0.05) is 17.2 Å². The van der Waals surface area contributed by atoms with E-state index in [-0.39, 0.29) is 47.7 Å². The SMILES string of the molecule is COc1cc(/C=C\C(=O)OCCCc2cc(OC)c3c(c2)[C@@H](CO)[C@H](c2cc(OC)c(O[C@H](CO)[C@H](O)c4ccc(O)c(OC)c4)c(OC)c2)O3)ccc1O. The molecule has 14 heteroatoms. The minimum Gasteiger partial charge on any atom is -0.504 e. The number of hydrogen-bond donors (Lipinski definition) is 5. The van der Waals surface area contributed by atoms with Gasteiger partial charge in [-0.25, -0.2) is 4.79 Å². The van der Waals surface area contributed by atoms with E-state index in [1.54, 1.807) is 30.3 Å². The Morgan fingerprint density at radius 1 is 0.800 bits per heavy atom. The third kappa shape index (κ3) is 9.11. The number of esters is 1. The van der Waals surface area contributed by atoms with Crippen LogP contribution >= 0.6 is 0 Å². The molecule has 4 atom stereocenters. The first-order valence-corrected chi connectivity index (χ1v) is 17.4. The standard InChI is InChI=1S/C41H46O14/c1-48-31-16-23(8-11-29(31)44)9-13-37(46)53-14-6-7-24-15-27-28(21-42)39(55-40(27)33(17-24)50-3)26-19-34(51-4)41(35(20-26)52-5)54-36(22-43)38(47)25-10-12-30(45)32(18-25)49-2/h8-13,15-20,28,36,38-39,42-45,47H,6-7,14,21-22H2,1-5H3/b13-9-/t28-,36-,38-,39+/m1/s1. The average molecular weight is 763 g/mol. The Morgan fingerprint density at radius 3 is 2.05 bits per heavy atom. The largest absolute Gasteiger partial charge is 0.504 e. The van der Waals surface area contributed by atoms with Gasteiger partial charge >= 0.3 is 5.97 Å². The van der Waals surface area contributed by atoms with Gasteiger partial charge in [0.05, 0.1) is 61.3 Å². The first-order valence-electron chi connectivity index (χ1n) is 17.4. The first-order chi connectivity index (χ1) is 26.6. The fourth-order valence-corrected chi connectivity index (χ4v) is 6.33. The minimum absolute atomic E-state index is 0.000530. The monoisotopic (exact) mass is 762 g/mol. The smallest absolute Gasteiger partial charge is 0.330 e. The van der Waals surface area contributed by atoms with Gasteiger partial charge in [0.2, 0.25) is 5.75 Å². The summed E-state index contributed by atoms with van der Waals surface area (Å²) in [7, 11) is 7.22. The molecular weight excluding hydrogens is 716 g/mol. The minimum atomic E-state index is -1.33. The lowest BCUT2D eigenvalue weighted by Gasteiger charge is -2.26. The molecule has 0 saturated heterocycles. The number of fused-ring (bicyclic) bond motifs is 1. The Labute approximate surface area is 318 Å². The molecule has 1 heterocycles. The molecule has 0 spiro atoms. The Balaban J connectivity index is 1.30. The van der Waals surface area contributed by atoms with Crippen LogP contribution in [0.5, 0.6) is 51.7 Å². The number of ether oxygens (including phenoxy) is 8. The zero-order valence-electron chi connectivity index (χ0n) is 31.2. The van der Waals surface area contributed by atoms with Gasteiger partial charge in [-0.3, -0.25) is 0 Å². The van der Waals surface area contributed by atoms with Gasteiger partial charge in [-0.2, -0.15) is 0 Å². The first kappa shape index (κ1) is 40.4. The molecule has 0 aromatic heterocycles. The maximum Gasteiger partial charge on any atom is 0.330 e. The summed E-state index contributed by atoms with van der Waals surface area (Å²) in [5, 5.41) is 51.8. The highest BCUT2D eigenvalue weighted by atomic mass is 16.6. The zero-order chi connectivity index (χ0) is 39.6. The molecule has 0 unspecified atom stereocenters. The fraction of sp³-hybridized carbons (Fsp3) is 0.341. The maximum atomic E-state index is 12.3. The molecule has 1 aliphatic rings. The molecule has 0 bridgehead atoms. The second-order valence-corrected chi connectivity index (χ2v) is 12.5. The summed E-state index contributed by atoms with van der Waals surface area (Å²) in [6, 6.07) is 16.2. The maximum absolute atomic E-state index is 12.3. The number of phenols is 2. The number of carbonyl (C=O) groups is 1. The lowest BCUT2D eigenvalue weighted by molar-refractivity contribution is -0.137. The summed E-state index contributed by atoms with van der Waals surface area (Å²) in [6.07, 6.45) is 0.750. The molecule has 1 aliphatic heterocycles. The average Bonchev–Trinajstić information content (AvgIpc) is 3.59. The van der Waals surface area contributed by atoms with Crippen molar-refractivity contribution < 1.29 is 68.2 Å². The van der Waals surface area contributed by atoms with Crippen molar-refractivity contribution in [1.29, 1.82) is 0 Å². The number of carbonyl (C=O) groups excluding carboxylic acids is 1. The molecule has 55 heavy (non-hydrogen) atoms. The summed E-state index contributed by atoms with van der Waals surface area (Å²) in [5.41, 5.74) is 3.21. The van der Waals surface area contributed by atoms with E-state index in [4.69, 9.17) is 37.9 Å². The molecule has 5 N–H and O–H groups in total. The molecule has 4 aromatic carbocycles. The van der Waals surface area contributed by atoms with Crippen molar-refractivity contribution in [2.24, 2.45) is 0 Å². The normalized spacial score (nSPS) is 15.8. The number of aromatic hydroxyl groups is 2. The van der Waals surface area contributed by atoms with Crippen LogP contribution in [0.25, 0.3) is 6.08 Å². The van der Waals surface area contributed by atoms with Crippen molar-refractivity contribution >= 4 is 12.0 Å². The van der Waals surface area contributed by atoms with Crippen molar-refractivity contribution in [1.82, 2.24) is 0 Å². The third-order valence-corrected chi connectivity index (χ3v) is 9.20. The molecular formula is C41H46O14. The molecule has 4 aromatic rings. The predicted octanol–water partition coefficient (Wildman–Crippen LogP) is 5.01. The van der Waals surface area contributed by atoms with Gasteiger partial charge in [-0.1, -0.05) is 18.2 Å². The third-order valence-electron chi connectivity index (χ3n) is 9.20. The highest BCUT2D eigenvalue weighted by Crippen LogP contribution is 2.53. The number of benzene rings is 4. The number of methoxy groups -OCH3 is 5. The number of rotatable bonds is 18. The van der Waals surface area contributed by atoms with E-state index in [2.05, 4.69) is 0 Å². The van der Waals surface area contributed by atoms with Gasteiger partial charge in [0.1, 0.15) is 12.2 Å². The second kappa shape index (κ2) is 18.5. The van der Waals surface area contributed by atoms with Crippen molar-refractivity contribution in [2.75, 3.05) is 55.4 Å². The van der Waals surface area contributed by atoms with Crippen LogP contribution in [-0.4, -0.2) is 93.0 Å². The second-order valence-electron chi connectivity index (χ2n) is 12.5. The highest BCUT2D eigenvalue weighted by molar-refractivity contribution is 5.87. The van der Waals surface area contributed by atoms with Crippen molar-refractivity contribution in [3.8, 4) is 51.7 Å². The van der Waals surface area contributed by atoms with Crippen LogP contribution < -0.4 is 33.2 Å². The van der Waals surface area contributed by atoms with E-state index >= 15 is 0 Å². The Kier molecular flexibility index (Phi) is 13.6. The van der Waals surface area contributed by atoms with E-state index in [0.29, 0.717) is 46.8 Å². The summed E-state index contributed by atoms with van der Waals surface area (Å²) in [6.45, 7) is -0.682. The molecule has 14 nitrogen and oxygen atoms in total. The van der Waals surface area contributed by atoms with E-state index in [1.807, 2.05) is 12.1 Å². The Morgan fingerprint density at radius 2 is 1.44 bits per heavy atom. The molecule has 0 radical (unpaired) electrons. The Bertz CT molecular complexity index is 1950. The van der Waals surface area contributed by atoms with E-state index in [0.717, 1.165) is 11.1 Å². The highest BCUT2D eigenvalue weighted by Gasteiger charge is 2.39. The van der Waals surface area contributed by atoms with Gasteiger partial charge in [0.25, 0.3) is 0 Å². The molecule has 294 valence electrons. The summed E-state index contributed by atoms with van der Waals surface area (Å²) >= 11 is 0. The lowest BCUT2D eigenvalue weighted by atomic mass is 9.90. The fourth-order valence-electron chi connectivity index (χ4n) is 6.33. The van der Waals surface area contributed by atoms with Crippen LogP contribution in [0.3, 0.4) is 0 Å². The van der Waals surface area contributed by atoms with E-state index in [1.165, 1.54) is 65.9 Å². The molecule has 0 aliphatic carbocycles. The van der Waals surface area contributed by atoms with Crippen LogP contribution in [0, 0.1) is 0 Å². The van der Waals surface area contributed by atoms with Crippen LogP contribution in [0.2, 0.25) is 0 Å². The Hall–Kier alpha value is -5.83. The molecule has 0 fully saturated rings. The number of phenolic OH excluding ortho intramolecular Hbond substituents is 2. The quantitative estimate of drug-likeness (QED) is 0.0516. The summed E-state index contributed by atoms with van der Waals surface area (Å²) in [4.78, 5) is 12.3. The summed E-state index contributed by atoms with van der Waals surface area (Å²) < 4.78 is 45.3. The number of aliphatic hydroxyl groups excluding tert-OH is 3. The van der Waals surface area contributed by atoms with Gasteiger partial charge < -0.3 is 63.4 Å². The van der Waals surface area contributed by atoms with Crippen LogP contribution in [-0.2, 0) is 16.0 Å². The zero-order valence-corrected chi connectivity index (χ0v) is 31.2.